The predicted molar refractivity (Wildman–Crippen MR) is 60.8 cm³/mol. The topological polar surface area (TPSA) is 86.7 Å². The summed E-state index contributed by atoms with van der Waals surface area (Å²) >= 11 is 3.16. The number of hydrogen-bond donors (Lipinski definition) is 1. The number of anilines is 1. The summed E-state index contributed by atoms with van der Waals surface area (Å²) in [4.78, 5) is 16.0. The van der Waals surface area contributed by atoms with Gasteiger partial charge in [-0.1, -0.05) is 5.21 Å². The van der Waals surface area contributed by atoms with E-state index >= 15 is 0 Å². The molecular formula is C9H8BrN5O. The Hall–Kier alpha value is -1.76. The maximum Gasteiger partial charge on any atom is 0.234 e. The molecule has 0 amide bonds. The number of nitrogens with zero attached hydrogens (tertiary/aromatic N) is 4. The third-order valence-corrected chi connectivity index (χ3v) is 2.59. The highest BCUT2D eigenvalue weighted by atomic mass is 79.9. The second kappa shape index (κ2) is 4.01. The van der Waals surface area contributed by atoms with Crippen molar-refractivity contribution in [1.82, 2.24) is 20.0 Å². The molecule has 0 aliphatic carbocycles. The summed E-state index contributed by atoms with van der Waals surface area (Å²) in [6.45, 7) is 0. The second-order valence-corrected chi connectivity index (χ2v) is 3.87. The van der Waals surface area contributed by atoms with E-state index in [1.807, 2.05) is 0 Å². The van der Waals surface area contributed by atoms with E-state index in [9.17, 15) is 4.79 Å². The van der Waals surface area contributed by atoms with Gasteiger partial charge in [-0.05, 0) is 28.1 Å². The van der Waals surface area contributed by atoms with Crippen LogP contribution in [-0.4, -0.2) is 25.8 Å². The predicted octanol–water partition coefficient (Wildman–Crippen LogP) is 0.786. The van der Waals surface area contributed by atoms with Gasteiger partial charge >= 0.3 is 0 Å². The maximum absolute atomic E-state index is 12.1. The SMILES string of the molecule is Cn1nnc(Br)c1C(=O)c1ncccc1N. The highest BCUT2D eigenvalue weighted by Crippen LogP contribution is 2.18. The van der Waals surface area contributed by atoms with Gasteiger partial charge in [-0.3, -0.25) is 9.78 Å². The highest BCUT2D eigenvalue weighted by molar-refractivity contribution is 9.10. The van der Waals surface area contributed by atoms with Crippen molar-refractivity contribution < 1.29 is 4.79 Å². The average molecular weight is 282 g/mol. The highest BCUT2D eigenvalue weighted by Gasteiger charge is 2.21. The number of pyridine rings is 1. The van der Waals surface area contributed by atoms with Gasteiger partial charge in [0.05, 0.1) is 5.69 Å². The number of ketones is 1. The van der Waals surface area contributed by atoms with E-state index in [-0.39, 0.29) is 11.5 Å². The van der Waals surface area contributed by atoms with Crippen LogP contribution < -0.4 is 5.73 Å². The van der Waals surface area contributed by atoms with Crippen molar-refractivity contribution >= 4 is 27.4 Å². The van der Waals surface area contributed by atoms with Gasteiger partial charge in [0, 0.05) is 13.2 Å². The zero-order valence-corrected chi connectivity index (χ0v) is 9.97. The summed E-state index contributed by atoms with van der Waals surface area (Å²) in [6.07, 6.45) is 1.52. The molecule has 0 aliphatic rings. The first-order valence-electron chi connectivity index (χ1n) is 4.41. The molecule has 0 aromatic carbocycles. The normalized spacial score (nSPS) is 10.4. The number of nitrogen functional groups attached to an aromatic ring is 1. The van der Waals surface area contributed by atoms with Gasteiger partial charge in [0.2, 0.25) is 5.78 Å². The number of halogens is 1. The van der Waals surface area contributed by atoms with Gasteiger partial charge in [-0.25, -0.2) is 4.68 Å². The molecule has 6 nitrogen and oxygen atoms in total. The van der Waals surface area contributed by atoms with Gasteiger partial charge in [-0.2, -0.15) is 0 Å². The fourth-order valence-corrected chi connectivity index (χ4v) is 1.80. The Morgan fingerprint density at radius 1 is 1.56 bits per heavy atom. The lowest BCUT2D eigenvalue weighted by Gasteiger charge is -2.03. The van der Waals surface area contributed by atoms with Crippen molar-refractivity contribution in [2.45, 2.75) is 0 Å². The van der Waals surface area contributed by atoms with Crippen LogP contribution in [0.15, 0.2) is 22.9 Å². The van der Waals surface area contributed by atoms with Gasteiger partial charge in [0.1, 0.15) is 11.4 Å². The molecule has 16 heavy (non-hydrogen) atoms. The summed E-state index contributed by atoms with van der Waals surface area (Å²) in [5.41, 5.74) is 6.54. The molecule has 0 saturated heterocycles. The molecule has 0 bridgehead atoms. The minimum atomic E-state index is -0.308. The van der Waals surface area contributed by atoms with E-state index in [1.165, 1.54) is 10.9 Å². The first-order chi connectivity index (χ1) is 7.61. The van der Waals surface area contributed by atoms with Crippen LogP contribution in [0.1, 0.15) is 16.2 Å². The molecule has 0 atom stereocenters. The molecule has 2 heterocycles. The fourth-order valence-electron chi connectivity index (χ4n) is 1.29. The van der Waals surface area contributed by atoms with E-state index in [2.05, 4.69) is 31.2 Å². The Morgan fingerprint density at radius 2 is 2.31 bits per heavy atom. The molecule has 0 aliphatic heterocycles. The van der Waals surface area contributed by atoms with Crippen LogP contribution in [0.25, 0.3) is 0 Å². The number of carbonyl (C=O) groups excluding carboxylic acids is 1. The molecule has 7 heteroatoms. The van der Waals surface area contributed by atoms with Gasteiger partial charge < -0.3 is 5.73 Å². The zero-order chi connectivity index (χ0) is 11.7. The molecule has 0 unspecified atom stereocenters. The van der Waals surface area contributed by atoms with Crippen LogP contribution in [0.5, 0.6) is 0 Å². The molecule has 0 fully saturated rings. The monoisotopic (exact) mass is 281 g/mol. The fraction of sp³-hybridized carbons (Fsp3) is 0.111. The molecule has 2 rings (SSSR count). The van der Waals surface area contributed by atoms with Crippen LogP contribution in [0.3, 0.4) is 0 Å². The van der Waals surface area contributed by atoms with Crippen LogP contribution >= 0.6 is 15.9 Å². The van der Waals surface area contributed by atoms with Crippen molar-refractivity contribution in [2.75, 3.05) is 5.73 Å². The Kier molecular flexibility index (Phi) is 2.69. The quantitative estimate of drug-likeness (QED) is 0.823. The summed E-state index contributed by atoms with van der Waals surface area (Å²) in [5.74, 6) is -0.308. The number of nitrogens with two attached hydrogens (primary N) is 1. The van der Waals surface area contributed by atoms with E-state index in [0.29, 0.717) is 16.0 Å². The minimum Gasteiger partial charge on any atom is -0.397 e. The molecule has 0 saturated carbocycles. The van der Waals surface area contributed by atoms with Gasteiger partial charge in [-0.15, -0.1) is 5.10 Å². The summed E-state index contributed by atoms with van der Waals surface area (Å²) in [6, 6.07) is 3.29. The standard InChI is InChI=1S/C9H8BrN5O/c1-15-7(9(10)13-14-15)8(16)6-5(11)3-2-4-12-6/h2-4H,11H2,1H3. The lowest BCUT2D eigenvalue weighted by Crippen LogP contribution is -2.12. The lowest BCUT2D eigenvalue weighted by molar-refractivity contribution is 0.102. The number of carbonyl (C=O) groups is 1. The van der Waals surface area contributed by atoms with Crippen molar-refractivity contribution in [2.24, 2.45) is 7.05 Å². The third kappa shape index (κ3) is 1.69. The van der Waals surface area contributed by atoms with Gasteiger partial charge in [0.25, 0.3) is 0 Å². The smallest absolute Gasteiger partial charge is 0.234 e. The van der Waals surface area contributed by atoms with Crippen LogP contribution in [0, 0.1) is 0 Å². The van der Waals surface area contributed by atoms with E-state index in [0.717, 1.165) is 0 Å². The number of aryl methyl sites for hydroxylation is 1. The summed E-state index contributed by atoms with van der Waals surface area (Å²) in [7, 11) is 1.63. The Balaban J connectivity index is 2.52. The number of aromatic nitrogens is 4. The summed E-state index contributed by atoms with van der Waals surface area (Å²) in [5, 5.41) is 7.46. The van der Waals surface area contributed by atoms with Crippen LogP contribution in [-0.2, 0) is 7.05 Å². The van der Waals surface area contributed by atoms with Crippen LogP contribution in [0.2, 0.25) is 0 Å². The molecule has 0 radical (unpaired) electrons. The summed E-state index contributed by atoms with van der Waals surface area (Å²) < 4.78 is 1.76. The third-order valence-electron chi connectivity index (χ3n) is 2.05. The Morgan fingerprint density at radius 3 is 2.88 bits per heavy atom. The first-order valence-corrected chi connectivity index (χ1v) is 5.21. The lowest BCUT2D eigenvalue weighted by atomic mass is 10.2. The average Bonchev–Trinajstić information content (AvgIpc) is 2.58. The molecule has 2 aromatic heterocycles. The van der Waals surface area contributed by atoms with Crippen molar-refractivity contribution in [3.63, 3.8) is 0 Å². The number of hydrogen-bond acceptors (Lipinski definition) is 5. The molecule has 0 spiro atoms. The van der Waals surface area contributed by atoms with E-state index in [4.69, 9.17) is 5.73 Å². The van der Waals surface area contributed by atoms with Crippen molar-refractivity contribution in [1.29, 1.82) is 0 Å². The molecule has 82 valence electrons. The van der Waals surface area contributed by atoms with Crippen molar-refractivity contribution in [3.8, 4) is 0 Å². The first kappa shape index (κ1) is 10.7. The molecular weight excluding hydrogens is 274 g/mol. The van der Waals surface area contributed by atoms with Crippen LogP contribution in [0.4, 0.5) is 5.69 Å². The number of rotatable bonds is 2. The molecule has 2 N–H and O–H groups in total. The molecule has 2 aromatic rings. The van der Waals surface area contributed by atoms with E-state index in [1.54, 1.807) is 19.2 Å². The maximum atomic E-state index is 12.1. The Labute approximate surface area is 99.6 Å². The minimum absolute atomic E-state index is 0.202. The zero-order valence-electron chi connectivity index (χ0n) is 8.38. The largest absolute Gasteiger partial charge is 0.397 e. The Bertz CT molecular complexity index is 531. The van der Waals surface area contributed by atoms with Gasteiger partial charge in [0.15, 0.2) is 4.60 Å². The van der Waals surface area contributed by atoms with Crippen molar-refractivity contribution in [3.05, 3.63) is 34.3 Å². The van der Waals surface area contributed by atoms with E-state index < -0.39 is 0 Å². The second-order valence-electron chi connectivity index (χ2n) is 3.12.